The summed E-state index contributed by atoms with van der Waals surface area (Å²) in [7, 11) is 1.82. The van der Waals surface area contributed by atoms with E-state index in [0.717, 1.165) is 37.2 Å². The second kappa shape index (κ2) is 7.31. The quantitative estimate of drug-likeness (QED) is 0.634. The normalized spacial score (nSPS) is 20.3. The van der Waals surface area contributed by atoms with Gasteiger partial charge in [-0.2, -0.15) is 0 Å². The van der Waals surface area contributed by atoms with Gasteiger partial charge in [-0.05, 0) is 17.9 Å². The fourth-order valence-corrected chi connectivity index (χ4v) is 2.68. The van der Waals surface area contributed by atoms with Crippen molar-refractivity contribution in [2.45, 2.75) is 32.4 Å². The molecule has 0 amide bonds. The van der Waals surface area contributed by atoms with Crippen molar-refractivity contribution in [3.63, 3.8) is 0 Å². The molecule has 2 atom stereocenters. The molecule has 5 nitrogen and oxygen atoms in total. The summed E-state index contributed by atoms with van der Waals surface area (Å²) in [6.07, 6.45) is 6.03. The highest BCUT2D eigenvalue weighted by Gasteiger charge is 2.33. The van der Waals surface area contributed by atoms with E-state index < -0.39 is 0 Å². The van der Waals surface area contributed by atoms with Crippen molar-refractivity contribution in [3.05, 3.63) is 54.1 Å². The first kappa shape index (κ1) is 15.6. The standard InChI is InChI=1S/C18H25N5/c1-14-12-16(14)22-18(19-2)21-9-8-17-20-10-11-23(17)13-15-6-4-3-5-7-15/h3-7,10-11,14,16H,8-9,12-13H2,1-2H3,(H2,19,21,22). The first-order valence-electron chi connectivity index (χ1n) is 8.27. The van der Waals surface area contributed by atoms with Gasteiger partial charge in [0.05, 0.1) is 0 Å². The van der Waals surface area contributed by atoms with Crippen molar-refractivity contribution in [1.29, 1.82) is 0 Å². The Morgan fingerprint density at radius 3 is 2.83 bits per heavy atom. The van der Waals surface area contributed by atoms with Gasteiger partial charge >= 0.3 is 0 Å². The lowest BCUT2D eigenvalue weighted by Crippen LogP contribution is -2.40. The molecule has 1 aliphatic rings. The number of aliphatic imine (C=N–C) groups is 1. The maximum atomic E-state index is 4.48. The van der Waals surface area contributed by atoms with E-state index in [9.17, 15) is 0 Å². The van der Waals surface area contributed by atoms with Gasteiger partial charge in [-0.15, -0.1) is 0 Å². The first-order chi connectivity index (χ1) is 11.3. The zero-order valence-corrected chi connectivity index (χ0v) is 13.9. The number of rotatable bonds is 6. The van der Waals surface area contributed by atoms with Crippen molar-refractivity contribution in [2.75, 3.05) is 13.6 Å². The van der Waals surface area contributed by atoms with Crippen LogP contribution in [0.2, 0.25) is 0 Å². The van der Waals surface area contributed by atoms with Crippen molar-refractivity contribution in [2.24, 2.45) is 10.9 Å². The van der Waals surface area contributed by atoms with E-state index in [4.69, 9.17) is 0 Å². The smallest absolute Gasteiger partial charge is 0.191 e. The Balaban J connectivity index is 1.50. The summed E-state index contributed by atoms with van der Waals surface area (Å²) in [5, 5.41) is 6.81. The Morgan fingerprint density at radius 2 is 2.13 bits per heavy atom. The summed E-state index contributed by atoms with van der Waals surface area (Å²) in [4.78, 5) is 8.76. The summed E-state index contributed by atoms with van der Waals surface area (Å²) in [5.74, 6) is 2.75. The number of nitrogens with one attached hydrogen (secondary N) is 2. The molecule has 1 aromatic carbocycles. The van der Waals surface area contributed by atoms with Crippen LogP contribution in [0.1, 0.15) is 24.7 Å². The van der Waals surface area contributed by atoms with E-state index in [-0.39, 0.29) is 0 Å². The second-order valence-electron chi connectivity index (χ2n) is 6.17. The molecule has 3 rings (SSSR count). The molecule has 1 aromatic heterocycles. The van der Waals surface area contributed by atoms with Crippen LogP contribution in [0.4, 0.5) is 0 Å². The highest BCUT2D eigenvalue weighted by Crippen LogP contribution is 2.28. The number of guanidine groups is 1. The topological polar surface area (TPSA) is 54.2 Å². The van der Waals surface area contributed by atoms with E-state index in [0.29, 0.717) is 6.04 Å². The van der Waals surface area contributed by atoms with E-state index in [1.54, 1.807) is 0 Å². The SMILES string of the molecule is CN=C(NCCc1nccn1Cc1ccccc1)NC1CC1C. The van der Waals surface area contributed by atoms with Crippen molar-refractivity contribution in [3.8, 4) is 0 Å². The summed E-state index contributed by atoms with van der Waals surface area (Å²) < 4.78 is 2.20. The lowest BCUT2D eigenvalue weighted by Gasteiger charge is -2.12. The zero-order valence-electron chi connectivity index (χ0n) is 13.9. The minimum Gasteiger partial charge on any atom is -0.356 e. The van der Waals surface area contributed by atoms with E-state index >= 15 is 0 Å². The number of nitrogens with zero attached hydrogens (tertiary/aromatic N) is 3. The molecule has 0 radical (unpaired) electrons. The van der Waals surface area contributed by atoms with Gasteiger partial charge in [0, 0.05) is 45.0 Å². The summed E-state index contributed by atoms with van der Waals surface area (Å²) in [6, 6.07) is 11.1. The zero-order chi connectivity index (χ0) is 16.1. The molecule has 5 heteroatoms. The van der Waals surface area contributed by atoms with Gasteiger partial charge in [0.15, 0.2) is 5.96 Å². The third kappa shape index (κ3) is 4.34. The average molecular weight is 311 g/mol. The Hall–Kier alpha value is -2.30. The van der Waals surface area contributed by atoms with Crippen LogP contribution < -0.4 is 10.6 Å². The predicted molar refractivity (Wildman–Crippen MR) is 93.5 cm³/mol. The lowest BCUT2D eigenvalue weighted by molar-refractivity contribution is 0.690. The Labute approximate surface area is 137 Å². The number of hydrogen-bond acceptors (Lipinski definition) is 2. The average Bonchev–Trinajstić information content (AvgIpc) is 3.08. The largest absolute Gasteiger partial charge is 0.356 e. The maximum absolute atomic E-state index is 4.48. The van der Waals surface area contributed by atoms with Crippen molar-refractivity contribution in [1.82, 2.24) is 20.2 Å². The van der Waals surface area contributed by atoms with E-state index in [1.807, 2.05) is 25.5 Å². The van der Waals surface area contributed by atoms with Crippen LogP contribution in [-0.2, 0) is 13.0 Å². The molecular weight excluding hydrogens is 286 g/mol. The molecule has 2 aromatic rings. The van der Waals surface area contributed by atoms with E-state index in [1.165, 1.54) is 12.0 Å². The summed E-state index contributed by atoms with van der Waals surface area (Å²) >= 11 is 0. The second-order valence-corrected chi connectivity index (χ2v) is 6.17. The minimum atomic E-state index is 0.585. The molecule has 0 bridgehead atoms. The Bertz CT molecular complexity index is 646. The van der Waals surface area contributed by atoms with Crippen LogP contribution >= 0.6 is 0 Å². The van der Waals surface area contributed by atoms with Crippen LogP contribution in [0.15, 0.2) is 47.7 Å². The number of aromatic nitrogens is 2. The molecule has 0 aliphatic heterocycles. The minimum absolute atomic E-state index is 0.585. The molecule has 1 heterocycles. The lowest BCUT2D eigenvalue weighted by atomic mass is 10.2. The monoisotopic (exact) mass is 311 g/mol. The molecule has 0 spiro atoms. The molecule has 1 aliphatic carbocycles. The fourth-order valence-electron chi connectivity index (χ4n) is 2.68. The van der Waals surface area contributed by atoms with Crippen LogP contribution in [0.3, 0.4) is 0 Å². The van der Waals surface area contributed by atoms with Gasteiger partial charge in [0.1, 0.15) is 5.82 Å². The maximum Gasteiger partial charge on any atom is 0.191 e. The van der Waals surface area contributed by atoms with Gasteiger partial charge in [0.25, 0.3) is 0 Å². The number of benzene rings is 1. The molecule has 122 valence electrons. The highest BCUT2D eigenvalue weighted by atomic mass is 15.2. The first-order valence-corrected chi connectivity index (χ1v) is 8.27. The van der Waals surface area contributed by atoms with Crippen LogP contribution in [0, 0.1) is 5.92 Å². The van der Waals surface area contributed by atoms with Gasteiger partial charge in [0.2, 0.25) is 0 Å². The van der Waals surface area contributed by atoms with Gasteiger partial charge < -0.3 is 15.2 Å². The highest BCUT2D eigenvalue weighted by molar-refractivity contribution is 5.80. The van der Waals surface area contributed by atoms with Crippen LogP contribution in [0.5, 0.6) is 0 Å². The summed E-state index contributed by atoms with van der Waals surface area (Å²) in [6.45, 7) is 3.95. The molecule has 1 saturated carbocycles. The van der Waals surface area contributed by atoms with Gasteiger partial charge in [-0.1, -0.05) is 37.3 Å². The Kier molecular flexibility index (Phi) is 4.95. The summed E-state index contributed by atoms with van der Waals surface area (Å²) in [5.41, 5.74) is 1.29. The predicted octanol–water partition coefficient (Wildman–Crippen LogP) is 2.05. The van der Waals surface area contributed by atoms with Gasteiger partial charge in [-0.3, -0.25) is 4.99 Å². The number of hydrogen-bond donors (Lipinski definition) is 2. The van der Waals surface area contributed by atoms with Crippen LogP contribution in [-0.4, -0.2) is 35.1 Å². The third-order valence-corrected chi connectivity index (χ3v) is 4.29. The molecule has 2 N–H and O–H groups in total. The molecule has 1 fully saturated rings. The molecular formula is C18H25N5. The Morgan fingerprint density at radius 1 is 1.35 bits per heavy atom. The van der Waals surface area contributed by atoms with Crippen molar-refractivity contribution < 1.29 is 0 Å². The van der Waals surface area contributed by atoms with Gasteiger partial charge in [-0.25, -0.2) is 4.98 Å². The van der Waals surface area contributed by atoms with E-state index in [2.05, 4.69) is 56.4 Å². The third-order valence-electron chi connectivity index (χ3n) is 4.29. The fraction of sp³-hybridized carbons (Fsp3) is 0.444. The van der Waals surface area contributed by atoms with Crippen LogP contribution in [0.25, 0.3) is 0 Å². The molecule has 2 unspecified atom stereocenters. The molecule has 23 heavy (non-hydrogen) atoms. The number of imidazole rings is 1. The van der Waals surface area contributed by atoms with Crippen molar-refractivity contribution >= 4 is 5.96 Å². The molecule has 0 saturated heterocycles.